The van der Waals surface area contributed by atoms with Gasteiger partial charge in [-0.1, -0.05) is 26.0 Å². The number of aliphatic hydroxyl groups excluding tert-OH is 1. The Morgan fingerprint density at radius 1 is 1.21 bits per heavy atom. The maximum absolute atomic E-state index is 13.0. The van der Waals surface area contributed by atoms with Crippen LogP contribution in [0.4, 0.5) is 5.69 Å². The first-order chi connectivity index (χ1) is 13.7. The molecule has 0 saturated heterocycles. The quantitative estimate of drug-likeness (QED) is 0.624. The van der Waals surface area contributed by atoms with E-state index in [0.29, 0.717) is 29.7 Å². The van der Waals surface area contributed by atoms with Gasteiger partial charge in [0, 0.05) is 36.6 Å². The summed E-state index contributed by atoms with van der Waals surface area (Å²) in [5.41, 5.74) is 0.0999. The van der Waals surface area contributed by atoms with E-state index >= 15 is 0 Å². The largest absolute Gasteiger partial charge is 0.458 e. The Hall–Kier alpha value is -3.26. The molecule has 2 aliphatic rings. The van der Waals surface area contributed by atoms with Gasteiger partial charge in [-0.3, -0.25) is 19.7 Å². The lowest BCUT2D eigenvalue weighted by Gasteiger charge is -2.37. The van der Waals surface area contributed by atoms with Crippen molar-refractivity contribution in [2.45, 2.75) is 39.2 Å². The first-order valence-electron chi connectivity index (χ1n) is 9.16. The van der Waals surface area contributed by atoms with Crippen molar-refractivity contribution >= 4 is 11.5 Å². The molecular weight excluding hydrogens is 378 g/mol. The number of nitrogens with zero attached hydrogens (tertiary/aromatic N) is 1. The molecule has 1 atom stereocenters. The fraction of sp³-hybridized carbons (Fsp3) is 0.333. The molecule has 2 aromatic rings. The number of benzene rings is 1. The van der Waals surface area contributed by atoms with Crippen molar-refractivity contribution in [1.29, 1.82) is 0 Å². The molecule has 1 unspecified atom stereocenters. The van der Waals surface area contributed by atoms with Crippen LogP contribution >= 0.6 is 0 Å². The summed E-state index contributed by atoms with van der Waals surface area (Å²) < 4.78 is 11.6. The standard InChI is InChI=1S/C21H19NO7/c1-21(2)8-15(25)18-16(9-21)29-19-14(24)7-13(10-23)28-20(19)17(18)11-3-5-12(6-4-11)22(26)27/h3-7,17,23H,8-10H2,1-2H3. The van der Waals surface area contributed by atoms with Gasteiger partial charge in [-0.2, -0.15) is 0 Å². The normalized spacial score (nSPS) is 20.0. The van der Waals surface area contributed by atoms with Crippen LogP contribution in [0.25, 0.3) is 0 Å². The molecule has 1 aliphatic heterocycles. The zero-order valence-corrected chi connectivity index (χ0v) is 15.9. The Morgan fingerprint density at radius 3 is 2.52 bits per heavy atom. The number of Topliss-reactive ketones (excluding diaryl/α,β-unsaturated/α-hetero) is 1. The van der Waals surface area contributed by atoms with E-state index in [1.54, 1.807) is 12.1 Å². The van der Waals surface area contributed by atoms with Crippen LogP contribution in [-0.2, 0) is 11.4 Å². The van der Waals surface area contributed by atoms with Crippen LogP contribution in [0, 0.1) is 15.5 Å². The minimum Gasteiger partial charge on any atom is -0.458 e. The Kier molecular flexibility index (Phi) is 4.38. The van der Waals surface area contributed by atoms with Gasteiger partial charge in [0.05, 0.1) is 10.8 Å². The van der Waals surface area contributed by atoms with Crippen molar-refractivity contribution in [3.63, 3.8) is 0 Å². The van der Waals surface area contributed by atoms with E-state index in [2.05, 4.69) is 0 Å². The summed E-state index contributed by atoms with van der Waals surface area (Å²) in [6.07, 6.45) is 0.774. The molecule has 0 saturated carbocycles. The van der Waals surface area contributed by atoms with Crippen molar-refractivity contribution in [3.8, 4) is 5.75 Å². The molecule has 1 aromatic carbocycles. The van der Waals surface area contributed by atoms with Gasteiger partial charge in [0.2, 0.25) is 11.2 Å². The van der Waals surface area contributed by atoms with Gasteiger partial charge < -0.3 is 14.3 Å². The number of carbonyl (C=O) groups excluding carboxylic acids is 1. The highest BCUT2D eigenvalue weighted by atomic mass is 16.6. The number of carbonyl (C=O) groups is 1. The molecule has 1 aromatic heterocycles. The van der Waals surface area contributed by atoms with Gasteiger partial charge in [-0.05, 0) is 11.0 Å². The van der Waals surface area contributed by atoms with E-state index < -0.39 is 22.9 Å². The Balaban J connectivity index is 1.95. The van der Waals surface area contributed by atoms with Gasteiger partial charge in [-0.25, -0.2) is 0 Å². The number of fused-ring (bicyclic) bond motifs is 1. The van der Waals surface area contributed by atoms with Crippen molar-refractivity contribution in [3.05, 3.63) is 79.1 Å². The van der Waals surface area contributed by atoms with Gasteiger partial charge in [-0.15, -0.1) is 0 Å². The number of allylic oxidation sites excluding steroid dienone is 2. The zero-order chi connectivity index (χ0) is 20.9. The molecule has 0 fully saturated rings. The summed E-state index contributed by atoms with van der Waals surface area (Å²) in [5, 5.41) is 20.4. The summed E-state index contributed by atoms with van der Waals surface area (Å²) in [7, 11) is 0. The van der Waals surface area contributed by atoms with Crippen LogP contribution in [0.1, 0.15) is 49.7 Å². The zero-order valence-electron chi connectivity index (χ0n) is 15.9. The summed E-state index contributed by atoms with van der Waals surface area (Å²) in [4.78, 5) is 36.1. The highest BCUT2D eigenvalue weighted by molar-refractivity contribution is 5.99. The average molecular weight is 397 g/mol. The molecule has 0 bridgehead atoms. The molecular formula is C21H19NO7. The fourth-order valence-electron chi connectivity index (χ4n) is 3.97. The molecule has 4 rings (SSSR count). The first-order valence-corrected chi connectivity index (χ1v) is 9.16. The molecule has 8 heteroatoms. The first kappa shape index (κ1) is 19.1. The number of hydrogen-bond donors (Lipinski definition) is 1. The Bertz CT molecular complexity index is 1110. The van der Waals surface area contributed by atoms with E-state index in [1.807, 2.05) is 13.8 Å². The minimum absolute atomic E-state index is 0.0187. The second kappa shape index (κ2) is 6.66. The van der Waals surface area contributed by atoms with Crippen molar-refractivity contribution in [2.75, 3.05) is 0 Å². The fourth-order valence-corrected chi connectivity index (χ4v) is 3.97. The molecule has 1 N–H and O–H groups in total. The summed E-state index contributed by atoms with van der Waals surface area (Å²) >= 11 is 0. The van der Waals surface area contributed by atoms with E-state index in [-0.39, 0.29) is 34.2 Å². The van der Waals surface area contributed by atoms with Crippen LogP contribution in [0.15, 0.2) is 50.9 Å². The van der Waals surface area contributed by atoms with Gasteiger partial charge in [0.1, 0.15) is 18.1 Å². The van der Waals surface area contributed by atoms with Crippen molar-refractivity contribution in [2.24, 2.45) is 5.41 Å². The predicted molar refractivity (Wildman–Crippen MR) is 102 cm³/mol. The predicted octanol–water partition coefficient (Wildman–Crippen LogP) is 3.21. The third kappa shape index (κ3) is 3.25. The highest BCUT2D eigenvalue weighted by Gasteiger charge is 2.44. The molecule has 0 amide bonds. The number of ketones is 1. The van der Waals surface area contributed by atoms with Crippen molar-refractivity contribution < 1.29 is 24.0 Å². The smallest absolute Gasteiger partial charge is 0.269 e. The molecule has 8 nitrogen and oxygen atoms in total. The molecule has 1 aliphatic carbocycles. The van der Waals surface area contributed by atoms with Crippen LogP contribution in [0.2, 0.25) is 0 Å². The maximum Gasteiger partial charge on any atom is 0.269 e. The van der Waals surface area contributed by atoms with Crippen molar-refractivity contribution in [1.82, 2.24) is 0 Å². The van der Waals surface area contributed by atoms with E-state index in [9.17, 15) is 24.8 Å². The van der Waals surface area contributed by atoms with E-state index in [4.69, 9.17) is 9.15 Å². The number of rotatable bonds is 3. The number of nitro benzene ring substituents is 1. The number of ether oxygens (including phenoxy) is 1. The third-order valence-electron chi connectivity index (χ3n) is 5.23. The Morgan fingerprint density at radius 2 is 1.90 bits per heavy atom. The summed E-state index contributed by atoms with van der Waals surface area (Å²) in [6.45, 7) is 3.42. The third-order valence-corrected chi connectivity index (χ3v) is 5.23. The minimum atomic E-state index is -0.739. The average Bonchev–Trinajstić information content (AvgIpc) is 2.66. The van der Waals surface area contributed by atoms with Crippen LogP contribution in [0.5, 0.6) is 5.75 Å². The topological polar surface area (TPSA) is 120 Å². The van der Waals surface area contributed by atoms with Gasteiger partial charge in [0.15, 0.2) is 11.5 Å². The highest BCUT2D eigenvalue weighted by Crippen LogP contribution is 2.49. The summed E-state index contributed by atoms with van der Waals surface area (Å²) in [6, 6.07) is 6.93. The van der Waals surface area contributed by atoms with Gasteiger partial charge >= 0.3 is 0 Å². The lowest BCUT2D eigenvalue weighted by Crippen LogP contribution is -2.34. The maximum atomic E-state index is 13.0. The molecule has 0 radical (unpaired) electrons. The lowest BCUT2D eigenvalue weighted by atomic mass is 9.71. The second-order valence-corrected chi connectivity index (χ2v) is 8.09. The molecule has 0 spiro atoms. The molecule has 2 heterocycles. The molecule has 150 valence electrons. The summed E-state index contributed by atoms with van der Waals surface area (Å²) in [5.74, 6) is -0.278. The number of aliphatic hydroxyl groups is 1. The number of hydrogen-bond acceptors (Lipinski definition) is 7. The van der Waals surface area contributed by atoms with Crippen LogP contribution < -0.4 is 10.2 Å². The number of nitro groups is 1. The monoisotopic (exact) mass is 397 g/mol. The van der Waals surface area contributed by atoms with E-state index in [0.717, 1.165) is 6.07 Å². The number of non-ortho nitro benzene ring substituents is 1. The second-order valence-electron chi connectivity index (χ2n) is 8.09. The lowest BCUT2D eigenvalue weighted by molar-refractivity contribution is -0.384. The van der Waals surface area contributed by atoms with Gasteiger partial charge in [0.25, 0.3) is 5.69 Å². The van der Waals surface area contributed by atoms with Crippen LogP contribution in [0.3, 0.4) is 0 Å². The Labute approximate surface area is 165 Å². The SMILES string of the molecule is CC1(C)CC(=O)C2=C(C1)Oc1c(oc(CO)cc1=O)C2c1ccc([N+](=O)[O-])cc1. The molecule has 29 heavy (non-hydrogen) atoms. The van der Waals surface area contributed by atoms with E-state index in [1.165, 1.54) is 12.1 Å². The van der Waals surface area contributed by atoms with Crippen LogP contribution in [-0.4, -0.2) is 15.8 Å².